The monoisotopic (exact) mass is 260 g/mol. The Balaban J connectivity index is 1.96. The quantitative estimate of drug-likeness (QED) is 0.789. The molecule has 0 aliphatic carbocycles. The minimum absolute atomic E-state index is 0.224. The Kier molecular flexibility index (Phi) is 3.56. The number of hydrogen-bond acceptors (Lipinski definition) is 4. The van der Waals surface area contributed by atoms with E-state index < -0.39 is 0 Å². The number of hydrogen-bond donors (Lipinski definition) is 0. The van der Waals surface area contributed by atoms with Gasteiger partial charge in [0.2, 0.25) is 4.47 Å². The Hall–Kier alpha value is -0.650. The van der Waals surface area contributed by atoms with Gasteiger partial charge in [0.1, 0.15) is 10.8 Å². The second-order valence-electron chi connectivity index (χ2n) is 2.69. The molecule has 6 heteroatoms. The number of rotatable bonds is 3. The van der Waals surface area contributed by atoms with Gasteiger partial charge in [-0.05, 0) is 35.9 Å². The normalized spacial score (nSPS) is 10.5. The molecule has 15 heavy (non-hydrogen) atoms. The zero-order chi connectivity index (χ0) is 10.7. The number of aromatic nitrogens is 2. The van der Waals surface area contributed by atoms with Crippen LogP contribution in [0.2, 0.25) is 4.47 Å². The SMILES string of the molecule is Fc1ccc(SCc2nnc(Cl)s2)cc1. The molecule has 0 radical (unpaired) electrons. The third-order valence-electron chi connectivity index (χ3n) is 1.62. The molecule has 1 aromatic carbocycles. The molecule has 0 aliphatic rings. The summed E-state index contributed by atoms with van der Waals surface area (Å²) < 4.78 is 13.1. The second kappa shape index (κ2) is 4.92. The lowest BCUT2D eigenvalue weighted by molar-refractivity contribution is 0.626. The average molecular weight is 261 g/mol. The molecule has 78 valence electrons. The zero-order valence-electron chi connectivity index (χ0n) is 7.48. The van der Waals surface area contributed by atoms with Gasteiger partial charge < -0.3 is 0 Å². The molecule has 1 heterocycles. The van der Waals surface area contributed by atoms with Crippen molar-refractivity contribution in [1.82, 2.24) is 10.2 Å². The van der Waals surface area contributed by atoms with E-state index in [1.54, 1.807) is 23.9 Å². The summed E-state index contributed by atoms with van der Waals surface area (Å²) in [6, 6.07) is 6.36. The van der Waals surface area contributed by atoms with E-state index >= 15 is 0 Å². The Morgan fingerprint density at radius 1 is 1.27 bits per heavy atom. The van der Waals surface area contributed by atoms with Gasteiger partial charge in [0.25, 0.3) is 0 Å². The number of halogens is 2. The highest BCUT2D eigenvalue weighted by Gasteiger charge is 2.02. The summed E-state index contributed by atoms with van der Waals surface area (Å²) in [6.45, 7) is 0. The third kappa shape index (κ3) is 3.15. The molecular formula is C9H6ClFN2S2. The Morgan fingerprint density at radius 2 is 2.00 bits per heavy atom. The van der Waals surface area contributed by atoms with Gasteiger partial charge >= 0.3 is 0 Å². The molecule has 0 atom stereocenters. The van der Waals surface area contributed by atoms with Crippen molar-refractivity contribution >= 4 is 34.7 Å². The molecular weight excluding hydrogens is 255 g/mol. The van der Waals surface area contributed by atoms with Crippen LogP contribution in [0.5, 0.6) is 0 Å². The first kappa shape index (κ1) is 10.9. The number of benzene rings is 1. The second-order valence-corrected chi connectivity index (χ2v) is 5.38. The summed E-state index contributed by atoms with van der Waals surface area (Å²) in [5.41, 5.74) is 0. The molecule has 1 aromatic heterocycles. The molecule has 0 saturated heterocycles. The van der Waals surface area contributed by atoms with E-state index in [9.17, 15) is 4.39 Å². The van der Waals surface area contributed by atoms with Crippen LogP contribution in [0.1, 0.15) is 5.01 Å². The first-order valence-corrected chi connectivity index (χ1v) is 6.28. The molecule has 0 N–H and O–H groups in total. The van der Waals surface area contributed by atoms with Crippen LogP contribution in [0.15, 0.2) is 29.2 Å². The lowest BCUT2D eigenvalue weighted by Gasteiger charge is -1.97. The maximum absolute atomic E-state index is 12.6. The highest BCUT2D eigenvalue weighted by atomic mass is 35.5. The van der Waals surface area contributed by atoms with E-state index in [-0.39, 0.29) is 5.82 Å². The predicted octanol–water partition coefficient (Wildman–Crippen LogP) is 3.62. The van der Waals surface area contributed by atoms with Gasteiger partial charge in [-0.1, -0.05) is 11.3 Å². The molecule has 2 aromatic rings. The molecule has 0 fully saturated rings. The van der Waals surface area contributed by atoms with Crippen LogP contribution in [0.4, 0.5) is 4.39 Å². The van der Waals surface area contributed by atoms with E-state index in [2.05, 4.69) is 10.2 Å². The minimum atomic E-state index is -0.224. The minimum Gasteiger partial charge on any atom is -0.207 e. The maximum Gasteiger partial charge on any atom is 0.207 e. The highest BCUT2D eigenvalue weighted by Crippen LogP contribution is 2.25. The molecule has 0 unspecified atom stereocenters. The van der Waals surface area contributed by atoms with Crippen molar-refractivity contribution in [2.75, 3.05) is 0 Å². The molecule has 2 rings (SSSR count). The van der Waals surface area contributed by atoms with Gasteiger partial charge in [-0.2, -0.15) is 0 Å². The molecule has 0 saturated carbocycles. The highest BCUT2D eigenvalue weighted by molar-refractivity contribution is 7.98. The average Bonchev–Trinajstić information content (AvgIpc) is 2.64. The van der Waals surface area contributed by atoms with Crippen LogP contribution in [-0.2, 0) is 5.75 Å². The molecule has 2 nitrogen and oxygen atoms in total. The Bertz CT molecular complexity index is 444. The van der Waals surface area contributed by atoms with Gasteiger partial charge in [-0.25, -0.2) is 4.39 Å². The van der Waals surface area contributed by atoms with Crippen molar-refractivity contribution in [3.63, 3.8) is 0 Å². The first-order chi connectivity index (χ1) is 7.24. The van der Waals surface area contributed by atoms with E-state index in [0.717, 1.165) is 9.90 Å². The fourth-order valence-corrected chi connectivity index (χ4v) is 2.72. The van der Waals surface area contributed by atoms with E-state index in [1.807, 2.05) is 0 Å². The first-order valence-electron chi connectivity index (χ1n) is 4.10. The number of nitrogens with zero attached hydrogens (tertiary/aromatic N) is 2. The topological polar surface area (TPSA) is 25.8 Å². The van der Waals surface area contributed by atoms with Crippen molar-refractivity contribution in [1.29, 1.82) is 0 Å². The van der Waals surface area contributed by atoms with Crippen LogP contribution in [-0.4, -0.2) is 10.2 Å². The van der Waals surface area contributed by atoms with Gasteiger partial charge in [0, 0.05) is 4.90 Å². The smallest absolute Gasteiger partial charge is 0.207 e. The van der Waals surface area contributed by atoms with Crippen molar-refractivity contribution in [2.45, 2.75) is 10.6 Å². The summed E-state index contributed by atoms with van der Waals surface area (Å²) >= 11 is 8.59. The standard InChI is InChI=1S/C9H6ClFN2S2/c10-9-13-12-8(15-9)5-14-7-3-1-6(11)2-4-7/h1-4H,5H2. The van der Waals surface area contributed by atoms with Crippen molar-refractivity contribution in [2.24, 2.45) is 0 Å². The summed E-state index contributed by atoms with van der Waals surface area (Å²) in [5.74, 6) is 0.481. The van der Waals surface area contributed by atoms with Gasteiger partial charge in [-0.3, -0.25) is 0 Å². The van der Waals surface area contributed by atoms with Crippen LogP contribution in [0.3, 0.4) is 0 Å². The van der Waals surface area contributed by atoms with Gasteiger partial charge in [0.05, 0.1) is 5.75 Å². The van der Waals surface area contributed by atoms with Crippen LogP contribution < -0.4 is 0 Å². The molecule has 0 bridgehead atoms. The van der Waals surface area contributed by atoms with E-state index in [1.165, 1.54) is 23.5 Å². The Morgan fingerprint density at radius 3 is 2.60 bits per heavy atom. The number of thioether (sulfide) groups is 1. The third-order valence-corrected chi connectivity index (χ3v) is 3.84. The maximum atomic E-state index is 12.6. The zero-order valence-corrected chi connectivity index (χ0v) is 9.87. The fraction of sp³-hybridized carbons (Fsp3) is 0.111. The molecule has 0 aliphatic heterocycles. The Labute approximate surface area is 99.5 Å². The van der Waals surface area contributed by atoms with Gasteiger partial charge in [-0.15, -0.1) is 22.0 Å². The van der Waals surface area contributed by atoms with Crippen LogP contribution in [0.25, 0.3) is 0 Å². The lowest BCUT2D eigenvalue weighted by Crippen LogP contribution is -1.79. The van der Waals surface area contributed by atoms with Crippen molar-refractivity contribution in [3.8, 4) is 0 Å². The van der Waals surface area contributed by atoms with Gasteiger partial charge in [0.15, 0.2) is 0 Å². The van der Waals surface area contributed by atoms with E-state index in [0.29, 0.717) is 10.2 Å². The lowest BCUT2D eigenvalue weighted by atomic mass is 10.4. The van der Waals surface area contributed by atoms with Crippen molar-refractivity contribution in [3.05, 3.63) is 39.6 Å². The molecule has 0 amide bonds. The van der Waals surface area contributed by atoms with Crippen molar-refractivity contribution < 1.29 is 4.39 Å². The van der Waals surface area contributed by atoms with Crippen LogP contribution in [0, 0.1) is 5.82 Å². The summed E-state index contributed by atoms with van der Waals surface area (Å²) in [4.78, 5) is 1.00. The summed E-state index contributed by atoms with van der Waals surface area (Å²) in [7, 11) is 0. The summed E-state index contributed by atoms with van der Waals surface area (Å²) in [5, 5.41) is 8.46. The summed E-state index contributed by atoms with van der Waals surface area (Å²) in [6.07, 6.45) is 0. The molecule has 0 spiro atoms. The largest absolute Gasteiger partial charge is 0.207 e. The van der Waals surface area contributed by atoms with Crippen LogP contribution >= 0.6 is 34.7 Å². The fourth-order valence-electron chi connectivity index (χ4n) is 0.967. The predicted molar refractivity (Wildman–Crippen MR) is 60.9 cm³/mol. The van der Waals surface area contributed by atoms with E-state index in [4.69, 9.17) is 11.6 Å².